The predicted molar refractivity (Wildman–Crippen MR) is 106 cm³/mol. The second kappa shape index (κ2) is 7.82. The average molecular weight is 394 g/mol. The highest BCUT2D eigenvalue weighted by atomic mass is 16.2. The highest BCUT2D eigenvalue weighted by Gasteiger charge is 2.23. The maximum atomic E-state index is 12.6. The molecule has 1 fully saturated rings. The third kappa shape index (κ3) is 4.15. The summed E-state index contributed by atoms with van der Waals surface area (Å²) in [6.07, 6.45) is 4.97. The number of anilines is 1. The van der Waals surface area contributed by atoms with Gasteiger partial charge < -0.3 is 9.80 Å². The Labute approximate surface area is 167 Å². The van der Waals surface area contributed by atoms with Crippen LogP contribution in [-0.2, 0) is 11.3 Å². The van der Waals surface area contributed by atoms with Crippen LogP contribution in [0.2, 0.25) is 0 Å². The smallest absolute Gasteiger partial charge is 0.253 e. The zero-order chi connectivity index (χ0) is 20.4. The molecule has 0 saturated carbocycles. The Morgan fingerprint density at radius 1 is 1.07 bits per heavy atom. The van der Waals surface area contributed by atoms with Crippen LogP contribution in [0.1, 0.15) is 11.5 Å². The quantitative estimate of drug-likeness (QED) is 0.622. The molecule has 0 aliphatic carbocycles. The molecule has 0 spiro atoms. The molecule has 1 aliphatic heterocycles. The van der Waals surface area contributed by atoms with Gasteiger partial charge in [0, 0.05) is 56.4 Å². The first-order chi connectivity index (χ1) is 14.0. The zero-order valence-corrected chi connectivity index (χ0v) is 16.4. The van der Waals surface area contributed by atoms with Gasteiger partial charge in [-0.15, -0.1) is 0 Å². The van der Waals surface area contributed by atoms with Gasteiger partial charge in [-0.1, -0.05) is 0 Å². The van der Waals surface area contributed by atoms with Crippen molar-refractivity contribution in [1.29, 1.82) is 0 Å². The van der Waals surface area contributed by atoms with Gasteiger partial charge in [0.15, 0.2) is 5.82 Å². The molecule has 0 radical (unpaired) electrons. The summed E-state index contributed by atoms with van der Waals surface area (Å²) in [7, 11) is 0. The van der Waals surface area contributed by atoms with Crippen LogP contribution < -0.4 is 10.5 Å². The van der Waals surface area contributed by atoms with Crippen LogP contribution >= 0.6 is 0 Å². The van der Waals surface area contributed by atoms with Crippen molar-refractivity contribution in [2.24, 2.45) is 0 Å². The van der Waals surface area contributed by atoms with Crippen molar-refractivity contribution in [2.45, 2.75) is 20.4 Å². The highest BCUT2D eigenvalue weighted by Crippen LogP contribution is 2.17. The molecular formula is C19H22N8O2. The monoisotopic (exact) mass is 394 g/mol. The van der Waals surface area contributed by atoms with E-state index in [2.05, 4.69) is 25.0 Å². The van der Waals surface area contributed by atoms with E-state index < -0.39 is 0 Å². The summed E-state index contributed by atoms with van der Waals surface area (Å²) in [6, 6.07) is 5.17. The maximum Gasteiger partial charge on any atom is 0.253 e. The van der Waals surface area contributed by atoms with E-state index in [1.807, 2.05) is 25.3 Å². The van der Waals surface area contributed by atoms with Crippen molar-refractivity contribution in [1.82, 2.24) is 34.2 Å². The van der Waals surface area contributed by atoms with Crippen molar-refractivity contribution in [3.05, 3.63) is 58.8 Å². The number of aryl methyl sites for hydroxylation is 2. The lowest BCUT2D eigenvalue weighted by Crippen LogP contribution is -2.50. The molecule has 150 valence electrons. The lowest BCUT2D eigenvalue weighted by molar-refractivity contribution is -0.132. The van der Waals surface area contributed by atoms with Crippen LogP contribution in [0.15, 0.2) is 41.7 Å². The first-order valence-electron chi connectivity index (χ1n) is 9.41. The minimum Gasteiger partial charge on any atom is -0.353 e. The number of amides is 1. The Balaban J connectivity index is 1.42. The fourth-order valence-corrected chi connectivity index (χ4v) is 3.29. The molecule has 0 bridgehead atoms. The molecule has 10 heteroatoms. The Morgan fingerprint density at radius 2 is 1.83 bits per heavy atom. The molecule has 1 amide bonds. The SMILES string of the molecule is Cc1cc(=O)n(CC(=O)N2CCN(c3cc(-n4cccn4)nc(C)n3)CC2)cn1. The van der Waals surface area contributed by atoms with Crippen molar-refractivity contribution < 1.29 is 4.79 Å². The second-order valence-electron chi connectivity index (χ2n) is 6.95. The first kappa shape index (κ1) is 18.8. The summed E-state index contributed by atoms with van der Waals surface area (Å²) in [5.41, 5.74) is 0.425. The highest BCUT2D eigenvalue weighted by molar-refractivity contribution is 5.76. The number of rotatable bonds is 4. The fourth-order valence-electron chi connectivity index (χ4n) is 3.29. The minimum absolute atomic E-state index is 0.00216. The molecule has 29 heavy (non-hydrogen) atoms. The van der Waals surface area contributed by atoms with Crippen LogP contribution in [0.3, 0.4) is 0 Å². The Hall–Kier alpha value is -3.56. The summed E-state index contributed by atoms with van der Waals surface area (Å²) < 4.78 is 3.04. The molecule has 0 atom stereocenters. The van der Waals surface area contributed by atoms with Crippen LogP contribution in [-0.4, -0.2) is 66.3 Å². The molecule has 0 unspecified atom stereocenters. The first-order valence-corrected chi connectivity index (χ1v) is 9.41. The average Bonchev–Trinajstić information content (AvgIpc) is 3.25. The molecule has 4 rings (SSSR count). The van der Waals surface area contributed by atoms with Crippen molar-refractivity contribution in [2.75, 3.05) is 31.1 Å². The van der Waals surface area contributed by atoms with E-state index in [0.29, 0.717) is 43.5 Å². The van der Waals surface area contributed by atoms with Gasteiger partial charge in [-0.2, -0.15) is 5.10 Å². The van der Waals surface area contributed by atoms with Crippen LogP contribution in [0, 0.1) is 13.8 Å². The molecule has 10 nitrogen and oxygen atoms in total. The number of piperazine rings is 1. The number of carbonyl (C=O) groups is 1. The van der Waals surface area contributed by atoms with Gasteiger partial charge >= 0.3 is 0 Å². The van der Waals surface area contributed by atoms with Gasteiger partial charge in [-0.25, -0.2) is 19.6 Å². The lowest BCUT2D eigenvalue weighted by Gasteiger charge is -2.35. The fraction of sp³-hybridized carbons (Fsp3) is 0.368. The number of hydrogen-bond donors (Lipinski definition) is 0. The van der Waals surface area contributed by atoms with Crippen LogP contribution in [0.4, 0.5) is 5.82 Å². The van der Waals surface area contributed by atoms with E-state index in [9.17, 15) is 9.59 Å². The molecule has 1 aliphatic rings. The third-order valence-electron chi connectivity index (χ3n) is 4.83. The van der Waals surface area contributed by atoms with Gasteiger partial charge in [0.25, 0.3) is 5.56 Å². The van der Waals surface area contributed by atoms with Crippen molar-refractivity contribution in [3.63, 3.8) is 0 Å². The molecule has 0 aromatic carbocycles. The number of carbonyl (C=O) groups excluding carboxylic acids is 1. The Kier molecular flexibility index (Phi) is 5.07. The van der Waals surface area contributed by atoms with E-state index in [4.69, 9.17) is 0 Å². The van der Waals surface area contributed by atoms with Crippen LogP contribution in [0.5, 0.6) is 0 Å². The van der Waals surface area contributed by atoms with E-state index in [0.717, 1.165) is 5.82 Å². The summed E-state index contributed by atoms with van der Waals surface area (Å²) >= 11 is 0. The van der Waals surface area contributed by atoms with E-state index in [-0.39, 0.29) is 18.0 Å². The largest absolute Gasteiger partial charge is 0.353 e. The predicted octanol–water partition coefficient (Wildman–Crippen LogP) is 0.185. The summed E-state index contributed by atoms with van der Waals surface area (Å²) in [5, 5.41) is 4.22. The third-order valence-corrected chi connectivity index (χ3v) is 4.83. The summed E-state index contributed by atoms with van der Waals surface area (Å²) in [4.78, 5) is 41.5. The number of aromatic nitrogens is 6. The Bertz CT molecular complexity index is 1070. The molecule has 3 aromatic heterocycles. The lowest BCUT2D eigenvalue weighted by atomic mass is 10.3. The Morgan fingerprint density at radius 3 is 2.52 bits per heavy atom. The normalized spacial score (nSPS) is 14.3. The standard InChI is InChI=1S/C19H22N8O2/c1-14-10-18(28)26(13-20-14)12-19(29)25-8-6-24(7-9-25)16-11-17(23-15(2)22-16)27-5-3-4-21-27/h3-5,10-11,13H,6-9,12H2,1-2H3. The zero-order valence-electron chi connectivity index (χ0n) is 16.4. The van der Waals surface area contributed by atoms with Crippen molar-refractivity contribution in [3.8, 4) is 5.82 Å². The molecule has 3 aromatic rings. The number of hydrogen-bond acceptors (Lipinski definition) is 7. The van der Waals surface area contributed by atoms with Gasteiger partial charge in [-0.3, -0.25) is 14.2 Å². The van der Waals surface area contributed by atoms with Gasteiger partial charge in [0.05, 0.1) is 6.33 Å². The molecule has 0 N–H and O–H groups in total. The van der Waals surface area contributed by atoms with Gasteiger partial charge in [-0.05, 0) is 19.9 Å². The van der Waals surface area contributed by atoms with Gasteiger partial charge in [0.1, 0.15) is 18.2 Å². The molecule has 4 heterocycles. The van der Waals surface area contributed by atoms with E-state index >= 15 is 0 Å². The van der Waals surface area contributed by atoms with E-state index in [1.165, 1.54) is 17.0 Å². The minimum atomic E-state index is -0.216. The molecule has 1 saturated heterocycles. The van der Waals surface area contributed by atoms with Crippen molar-refractivity contribution >= 4 is 11.7 Å². The van der Waals surface area contributed by atoms with E-state index in [1.54, 1.807) is 22.7 Å². The topological polar surface area (TPSA) is 102 Å². The summed E-state index contributed by atoms with van der Waals surface area (Å²) in [6.45, 7) is 6.04. The maximum absolute atomic E-state index is 12.6. The number of nitrogens with zero attached hydrogens (tertiary/aromatic N) is 8. The molecular weight excluding hydrogens is 372 g/mol. The second-order valence-corrected chi connectivity index (χ2v) is 6.95. The van der Waals surface area contributed by atoms with Crippen LogP contribution in [0.25, 0.3) is 5.82 Å². The summed E-state index contributed by atoms with van der Waals surface area (Å²) in [5.74, 6) is 2.10. The van der Waals surface area contributed by atoms with Gasteiger partial charge in [0.2, 0.25) is 5.91 Å².